The number of benzene rings is 8. The number of para-hydroxylation sites is 3. The van der Waals surface area contributed by atoms with Gasteiger partial charge in [0.1, 0.15) is 0 Å². The average molecular weight is 715 g/mol. The Morgan fingerprint density at radius 3 is 1.48 bits per heavy atom. The molecule has 11 rings (SSSR count). The Labute approximate surface area is 324 Å². The lowest BCUT2D eigenvalue weighted by Gasteiger charge is -2.11. The van der Waals surface area contributed by atoms with E-state index < -0.39 is 0 Å². The topological polar surface area (TPSA) is 35.6 Å². The molecule has 0 unspecified atom stereocenters. The molecule has 0 amide bonds. The molecule has 0 saturated heterocycles. The molecular weight excluding hydrogens is 681 g/mol. The lowest BCUT2D eigenvalue weighted by atomic mass is 9.98. The van der Waals surface area contributed by atoms with Gasteiger partial charge < -0.3 is 9.13 Å². The van der Waals surface area contributed by atoms with Crippen LogP contribution in [0.4, 0.5) is 0 Å². The third-order valence-electron chi connectivity index (χ3n) is 10.9. The van der Waals surface area contributed by atoms with E-state index in [1.165, 1.54) is 32.8 Å². The summed E-state index contributed by atoms with van der Waals surface area (Å²) in [7, 11) is 0. The zero-order chi connectivity index (χ0) is 37.0. The Kier molecular flexibility index (Phi) is 7.46. The van der Waals surface area contributed by atoms with E-state index in [0.717, 1.165) is 61.4 Å². The van der Waals surface area contributed by atoms with Crippen LogP contribution in [0.3, 0.4) is 0 Å². The van der Waals surface area contributed by atoms with Crippen LogP contribution in [0.25, 0.3) is 100 Å². The lowest BCUT2D eigenvalue weighted by molar-refractivity contribution is 1.18. The molecule has 0 atom stereocenters. The molecule has 262 valence electrons. The summed E-state index contributed by atoms with van der Waals surface area (Å²) in [5.74, 6) is 0.703. The fourth-order valence-electron chi connectivity index (χ4n) is 8.38. The van der Waals surface area contributed by atoms with Crippen LogP contribution in [-0.2, 0) is 0 Å². The first-order valence-corrected chi connectivity index (χ1v) is 19.0. The maximum atomic E-state index is 5.29. The minimum atomic E-state index is 0.703. The van der Waals surface area contributed by atoms with Gasteiger partial charge in [0.05, 0.1) is 33.5 Å². The summed E-state index contributed by atoms with van der Waals surface area (Å²) >= 11 is 0. The van der Waals surface area contributed by atoms with Crippen molar-refractivity contribution in [1.29, 1.82) is 0 Å². The van der Waals surface area contributed by atoms with Gasteiger partial charge in [-0.15, -0.1) is 0 Å². The molecule has 0 bridgehead atoms. The van der Waals surface area contributed by atoms with Gasteiger partial charge in [-0.1, -0.05) is 140 Å². The minimum Gasteiger partial charge on any atom is -0.309 e. The highest BCUT2D eigenvalue weighted by atomic mass is 15.0. The summed E-state index contributed by atoms with van der Waals surface area (Å²) < 4.78 is 4.75. The SMILES string of the molecule is c1ccc(-c2cc(-c3cccc4c3c3cc(-c5ccc6c(c5)c5ccccc5n6-c5ccccc5)ccc3n4-c3ccccc3)nc(-c3ccccc3)n2)cc1. The van der Waals surface area contributed by atoms with Crippen molar-refractivity contribution in [1.82, 2.24) is 19.1 Å². The van der Waals surface area contributed by atoms with Crippen molar-refractivity contribution in [2.45, 2.75) is 0 Å². The van der Waals surface area contributed by atoms with Gasteiger partial charge in [0, 0.05) is 49.6 Å². The molecule has 4 heteroatoms. The monoisotopic (exact) mass is 714 g/mol. The molecule has 0 aliphatic rings. The molecule has 0 aliphatic heterocycles. The predicted octanol–water partition coefficient (Wildman–Crippen LogP) is 13.3. The molecule has 3 heterocycles. The Bertz CT molecular complexity index is 3160. The van der Waals surface area contributed by atoms with Crippen LogP contribution < -0.4 is 0 Å². The van der Waals surface area contributed by atoms with Crippen molar-refractivity contribution < 1.29 is 0 Å². The number of hydrogen-bond acceptors (Lipinski definition) is 2. The van der Waals surface area contributed by atoms with Crippen molar-refractivity contribution in [2.24, 2.45) is 0 Å². The second-order valence-corrected chi connectivity index (χ2v) is 14.2. The van der Waals surface area contributed by atoms with Crippen LogP contribution in [-0.4, -0.2) is 19.1 Å². The number of hydrogen-bond donors (Lipinski definition) is 0. The number of aromatic nitrogens is 4. The fourth-order valence-corrected chi connectivity index (χ4v) is 8.38. The Balaban J connectivity index is 1.16. The Morgan fingerprint density at radius 1 is 0.304 bits per heavy atom. The lowest BCUT2D eigenvalue weighted by Crippen LogP contribution is -1.96. The Hall–Kier alpha value is -7.56. The van der Waals surface area contributed by atoms with Crippen molar-refractivity contribution in [3.8, 4) is 56.4 Å². The molecule has 11 aromatic rings. The zero-order valence-corrected chi connectivity index (χ0v) is 30.4. The van der Waals surface area contributed by atoms with Crippen LogP contribution in [0.1, 0.15) is 0 Å². The molecule has 0 fully saturated rings. The molecular formula is C52H34N4. The van der Waals surface area contributed by atoms with Crippen LogP contribution in [0, 0.1) is 0 Å². The highest BCUT2D eigenvalue weighted by Gasteiger charge is 2.20. The molecule has 56 heavy (non-hydrogen) atoms. The van der Waals surface area contributed by atoms with Crippen molar-refractivity contribution in [3.63, 3.8) is 0 Å². The van der Waals surface area contributed by atoms with E-state index in [4.69, 9.17) is 9.97 Å². The van der Waals surface area contributed by atoms with Crippen molar-refractivity contribution in [2.75, 3.05) is 0 Å². The molecule has 0 aliphatic carbocycles. The van der Waals surface area contributed by atoms with Crippen LogP contribution in [0.15, 0.2) is 206 Å². The van der Waals surface area contributed by atoms with E-state index in [1.54, 1.807) is 0 Å². The molecule has 0 spiro atoms. The summed E-state index contributed by atoms with van der Waals surface area (Å²) in [4.78, 5) is 10.4. The molecule has 0 N–H and O–H groups in total. The quantitative estimate of drug-likeness (QED) is 0.172. The number of rotatable bonds is 6. The van der Waals surface area contributed by atoms with Gasteiger partial charge in [-0.2, -0.15) is 0 Å². The van der Waals surface area contributed by atoms with E-state index in [0.29, 0.717) is 5.82 Å². The smallest absolute Gasteiger partial charge is 0.160 e. The van der Waals surface area contributed by atoms with Gasteiger partial charge in [-0.3, -0.25) is 0 Å². The average Bonchev–Trinajstić information content (AvgIpc) is 3.80. The van der Waals surface area contributed by atoms with E-state index >= 15 is 0 Å². The highest BCUT2D eigenvalue weighted by molar-refractivity contribution is 6.17. The predicted molar refractivity (Wildman–Crippen MR) is 232 cm³/mol. The maximum absolute atomic E-state index is 5.29. The molecule has 0 saturated carbocycles. The first kappa shape index (κ1) is 31.9. The van der Waals surface area contributed by atoms with E-state index in [1.807, 2.05) is 24.3 Å². The summed E-state index contributed by atoms with van der Waals surface area (Å²) in [5, 5.41) is 4.80. The molecule has 4 nitrogen and oxygen atoms in total. The second-order valence-electron chi connectivity index (χ2n) is 14.2. The van der Waals surface area contributed by atoms with E-state index in [2.05, 4.69) is 191 Å². The maximum Gasteiger partial charge on any atom is 0.160 e. The van der Waals surface area contributed by atoms with Gasteiger partial charge in [-0.05, 0) is 77.9 Å². The van der Waals surface area contributed by atoms with Crippen molar-refractivity contribution >= 4 is 43.6 Å². The van der Waals surface area contributed by atoms with E-state index in [9.17, 15) is 0 Å². The number of fused-ring (bicyclic) bond motifs is 6. The normalized spacial score (nSPS) is 11.6. The summed E-state index contributed by atoms with van der Waals surface area (Å²) in [6.45, 7) is 0. The minimum absolute atomic E-state index is 0.703. The van der Waals surface area contributed by atoms with E-state index in [-0.39, 0.29) is 0 Å². The Morgan fingerprint density at radius 2 is 0.804 bits per heavy atom. The van der Waals surface area contributed by atoms with Gasteiger partial charge in [0.15, 0.2) is 5.82 Å². The summed E-state index contributed by atoms with van der Waals surface area (Å²) in [5.41, 5.74) is 14.2. The van der Waals surface area contributed by atoms with Crippen LogP contribution >= 0.6 is 0 Å². The third-order valence-corrected chi connectivity index (χ3v) is 10.9. The molecule has 3 aromatic heterocycles. The van der Waals surface area contributed by atoms with Crippen LogP contribution in [0.2, 0.25) is 0 Å². The first-order valence-electron chi connectivity index (χ1n) is 19.0. The molecule has 0 radical (unpaired) electrons. The second kappa shape index (κ2) is 13.1. The number of nitrogens with zero attached hydrogens (tertiary/aromatic N) is 4. The molecule has 8 aromatic carbocycles. The van der Waals surface area contributed by atoms with Crippen LogP contribution in [0.5, 0.6) is 0 Å². The van der Waals surface area contributed by atoms with Gasteiger partial charge >= 0.3 is 0 Å². The van der Waals surface area contributed by atoms with Crippen molar-refractivity contribution in [3.05, 3.63) is 206 Å². The summed E-state index contributed by atoms with van der Waals surface area (Å²) in [6.07, 6.45) is 0. The van der Waals surface area contributed by atoms with Gasteiger partial charge in [-0.25, -0.2) is 9.97 Å². The third kappa shape index (κ3) is 5.23. The fraction of sp³-hybridized carbons (Fsp3) is 0. The largest absolute Gasteiger partial charge is 0.309 e. The zero-order valence-electron chi connectivity index (χ0n) is 30.4. The van der Waals surface area contributed by atoms with Gasteiger partial charge in [0.25, 0.3) is 0 Å². The summed E-state index contributed by atoms with van der Waals surface area (Å²) in [6, 6.07) is 73.2. The first-order chi connectivity index (χ1) is 27.8. The van der Waals surface area contributed by atoms with Gasteiger partial charge in [0.2, 0.25) is 0 Å². The standard InChI is InChI=1S/C52H34N4/c1-5-16-35(17-6-1)45-34-46(54-52(53-45)36-18-7-2-8-19-36)42-25-15-27-50-51(42)44-33-38(29-31-49(44)56(50)40-22-11-4-12-23-40)37-28-30-48-43(32-37)41-24-13-14-26-47(41)55(48)39-20-9-3-10-21-39/h1-34H. The highest BCUT2D eigenvalue weighted by Crippen LogP contribution is 2.42.